The van der Waals surface area contributed by atoms with E-state index in [0.717, 1.165) is 23.9 Å². The van der Waals surface area contributed by atoms with Crippen LogP contribution >= 0.6 is 0 Å². The minimum Gasteiger partial charge on any atom is -0.493 e. The molecule has 1 N–H and O–H groups in total. The first-order chi connectivity index (χ1) is 14.9. The summed E-state index contributed by atoms with van der Waals surface area (Å²) in [6.45, 7) is 1.26. The highest BCUT2D eigenvalue weighted by Gasteiger charge is 2.34. The van der Waals surface area contributed by atoms with Gasteiger partial charge in [-0.05, 0) is 36.8 Å². The molecule has 31 heavy (non-hydrogen) atoms. The van der Waals surface area contributed by atoms with Crippen LogP contribution in [0.3, 0.4) is 0 Å². The van der Waals surface area contributed by atoms with Crippen LogP contribution in [0, 0.1) is 0 Å². The molecule has 9 heteroatoms. The summed E-state index contributed by atoms with van der Waals surface area (Å²) >= 11 is 0. The van der Waals surface area contributed by atoms with Gasteiger partial charge in [-0.15, -0.1) is 0 Å². The molecule has 0 bridgehead atoms. The number of likely N-dealkylation sites (tertiary alicyclic amines) is 1. The molecule has 4 rings (SSSR count). The first-order valence-corrected chi connectivity index (χ1v) is 9.95. The van der Waals surface area contributed by atoms with Crippen molar-refractivity contribution in [3.63, 3.8) is 0 Å². The molecule has 3 aromatic rings. The Labute approximate surface area is 177 Å². The molecule has 0 aliphatic carbocycles. The third kappa shape index (κ3) is 4.87. The summed E-state index contributed by atoms with van der Waals surface area (Å²) in [5.41, 5.74) is 1.24. The van der Waals surface area contributed by atoms with Crippen LogP contribution in [0.25, 0.3) is 0 Å². The average Bonchev–Trinajstić information content (AvgIpc) is 3.43. The molecule has 6 nitrogen and oxygen atoms in total. The van der Waals surface area contributed by atoms with Crippen LogP contribution in [-0.2, 0) is 12.6 Å². The number of rotatable bonds is 6. The molecule has 0 saturated carbocycles. The molecule has 162 valence electrons. The molecule has 3 heterocycles. The topological polar surface area (TPSA) is 71.1 Å². The van der Waals surface area contributed by atoms with Crippen molar-refractivity contribution in [2.75, 3.05) is 19.7 Å². The van der Waals surface area contributed by atoms with Crippen LogP contribution in [0.15, 0.2) is 54.7 Å². The monoisotopic (exact) mass is 430 g/mol. The van der Waals surface area contributed by atoms with Gasteiger partial charge in [0, 0.05) is 37.3 Å². The fraction of sp³-hybridized carbons (Fsp3) is 0.318. The molecular weight excluding hydrogens is 409 g/mol. The van der Waals surface area contributed by atoms with E-state index in [0.29, 0.717) is 25.2 Å². The number of nitrogens with one attached hydrogen (secondary N) is 1. The Morgan fingerprint density at radius 3 is 2.77 bits per heavy atom. The van der Waals surface area contributed by atoms with Gasteiger partial charge >= 0.3 is 6.18 Å². The fourth-order valence-corrected chi connectivity index (χ4v) is 3.65. The van der Waals surface area contributed by atoms with Gasteiger partial charge in [0.25, 0.3) is 5.91 Å². The summed E-state index contributed by atoms with van der Waals surface area (Å²) in [7, 11) is 0. The van der Waals surface area contributed by atoms with E-state index >= 15 is 0 Å². The number of ether oxygens (including phenoxy) is 1. The van der Waals surface area contributed by atoms with Crippen molar-refractivity contribution in [2.45, 2.75) is 24.9 Å². The number of para-hydroxylation sites is 1. The summed E-state index contributed by atoms with van der Waals surface area (Å²) < 4.78 is 44.5. The van der Waals surface area contributed by atoms with Crippen molar-refractivity contribution < 1.29 is 22.7 Å². The maximum Gasteiger partial charge on any atom is 0.419 e. The number of amides is 1. The second-order valence-electron chi connectivity index (χ2n) is 7.36. The fourth-order valence-electron chi connectivity index (χ4n) is 3.65. The number of hydrogen-bond donors (Lipinski definition) is 1. The largest absolute Gasteiger partial charge is 0.493 e. The Kier molecular flexibility index (Phi) is 5.92. The lowest BCUT2D eigenvalue weighted by Gasteiger charge is -2.15. The van der Waals surface area contributed by atoms with Crippen LogP contribution in [0.1, 0.15) is 39.8 Å². The zero-order valence-electron chi connectivity index (χ0n) is 16.6. The summed E-state index contributed by atoms with van der Waals surface area (Å²) in [5.74, 6) is -0.186. The van der Waals surface area contributed by atoms with Crippen molar-refractivity contribution in [3.05, 3.63) is 77.4 Å². The van der Waals surface area contributed by atoms with Crippen molar-refractivity contribution >= 4 is 5.91 Å². The van der Waals surface area contributed by atoms with Crippen molar-refractivity contribution in [1.82, 2.24) is 20.1 Å². The Hall–Kier alpha value is -3.36. The van der Waals surface area contributed by atoms with Crippen LogP contribution < -0.4 is 4.74 Å². The number of aromatic amines is 1. The number of aromatic nitrogens is 3. The third-order valence-corrected chi connectivity index (χ3v) is 5.25. The summed E-state index contributed by atoms with van der Waals surface area (Å²) in [5, 5.41) is 7.25. The van der Waals surface area contributed by atoms with Gasteiger partial charge in [0.2, 0.25) is 0 Å². The SMILES string of the molecule is O=C(c1ccccn1)N1CC[C@@H](c2cc(CCOc3ccccc3C(F)(F)F)[nH]n2)C1. The van der Waals surface area contributed by atoms with E-state index in [1.165, 1.54) is 18.2 Å². The van der Waals surface area contributed by atoms with Crippen LogP contribution in [0.2, 0.25) is 0 Å². The summed E-state index contributed by atoms with van der Waals surface area (Å²) in [6, 6.07) is 12.3. The lowest BCUT2D eigenvalue weighted by molar-refractivity contribution is -0.138. The van der Waals surface area contributed by atoms with E-state index in [4.69, 9.17) is 4.74 Å². The predicted octanol–water partition coefficient (Wildman–Crippen LogP) is 4.07. The van der Waals surface area contributed by atoms with Crippen molar-refractivity contribution in [1.29, 1.82) is 0 Å². The van der Waals surface area contributed by atoms with Gasteiger partial charge in [-0.3, -0.25) is 14.9 Å². The number of carbonyl (C=O) groups excluding carboxylic acids is 1. The van der Waals surface area contributed by atoms with Crippen LogP contribution in [-0.4, -0.2) is 45.7 Å². The number of pyridine rings is 1. The van der Waals surface area contributed by atoms with E-state index in [1.54, 1.807) is 29.3 Å². The van der Waals surface area contributed by atoms with E-state index < -0.39 is 11.7 Å². The van der Waals surface area contributed by atoms with Gasteiger partial charge < -0.3 is 9.64 Å². The van der Waals surface area contributed by atoms with Crippen molar-refractivity contribution in [2.24, 2.45) is 0 Å². The molecule has 1 aromatic carbocycles. The first kappa shape index (κ1) is 20.9. The van der Waals surface area contributed by atoms with E-state index in [2.05, 4.69) is 15.2 Å². The highest BCUT2D eigenvalue weighted by atomic mass is 19.4. The van der Waals surface area contributed by atoms with Gasteiger partial charge in [0.05, 0.1) is 17.9 Å². The molecule has 0 spiro atoms. The zero-order valence-corrected chi connectivity index (χ0v) is 16.6. The van der Waals surface area contributed by atoms with Gasteiger partial charge in [-0.1, -0.05) is 18.2 Å². The van der Waals surface area contributed by atoms with Gasteiger partial charge in [-0.25, -0.2) is 0 Å². The maximum absolute atomic E-state index is 13.0. The molecule has 1 saturated heterocycles. The molecule has 1 fully saturated rings. The van der Waals surface area contributed by atoms with Crippen LogP contribution in [0.5, 0.6) is 5.75 Å². The summed E-state index contributed by atoms with van der Waals surface area (Å²) in [6.07, 6.45) is -1.68. The number of nitrogens with zero attached hydrogens (tertiary/aromatic N) is 3. The molecular formula is C22H21F3N4O2. The molecule has 1 aliphatic rings. The lowest BCUT2D eigenvalue weighted by atomic mass is 10.0. The number of H-pyrrole nitrogens is 1. The minimum atomic E-state index is -4.46. The lowest BCUT2D eigenvalue weighted by Crippen LogP contribution is -2.29. The zero-order chi connectivity index (χ0) is 21.8. The normalized spacial score (nSPS) is 16.5. The molecule has 0 radical (unpaired) electrons. The molecule has 0 unspecified atom stereocenters. The standard InChI is InChI=1S/C22H21F3N4O2/c23-22(24,25)17-5-1-2-7-20(17)31-12-9-16-13-19(28-27-16)15-8-11-29(14-15)21(30)18-6-3-4-10-26-18/h1-7,10,13,15H,8-9,11-12,14H2,(H,27,28)/t15-/m1/s1. The summed E-state index contributed by atoms with van der Waals surface area (Å²) in [4.78, 5) is 18.4. The molecule has 2 aromatic heterocycles. The first-order valence-electron chi connectivity index (χ1n) is 9.95. The van der Waals surface area contributed by atoms with E-state index in [9.17, 15) is 18.0 Å². The van der Waals surface area contributed by atoms with Crippen molar-refractivity contribution in [3.8, 4) is 5.75 Å². The number of benzene rings is 1. The van der Waals surface area contributed by atoms with E-state index in [1.807, 2.05) is 6.07 Å². The molecule has 1 atom stereocenters. The average molecular weight is 430 g/mol. The maximum atomic E-state index is 13.0. The third-order valence-electron chi connectivity index (χ3n) is 5.25. The van der Waals surface area contributed by atoms with Gasteiger partial charge in [0.15, 0.2) is 0 Å². The highest BCUT2D eigenvalue weighted by molar-refractivity contribution is 5.92. The number of hydrogen-bond acceptors (Lipinski definition) is 4. The Morgan fingerprint density at radius 1 is 1.19 bits per heavy atom. The Morgan fingerprint density at radius 2 is 2.00 bits per heavy atom. The second-order valence-corrected chi connectivity index (χ2v) is 7.36. The smallest absolute Gasteiger partial charge is 0.419 e. The Bertz CT molecular complexity index is 1040. The van der Waals surface area contributed by atoms with Gasteiger partial charge in [-0.2, -0.15) is 18.3 Å². The number of alkyl halides is 3. The van der Waals surface area contributed by atoms with E-state index in [-0.39, 0.29) is 24.2 Å². The minimum absolute atomic E-state index is 0.0870. The predicted molar refractivity (Wildman–Crippen MR) is 107 cm³/mol. The quantitative estimate of drug-likeness (QED) is 0.640. The second kappa shape index (κ2) is 8.79. The molecule has 1 amide bonds. The van der Waals surface area contributed by atoms with Crippen LogP contribution in [0.4, 0.5) is 13.2 Å². The number of halogens is 3. The molecule has 1 aliphatic heterocycles. The van der Waals surface area contributed by atoms with Gasteiger partial charge in [0.1, 0.15) is 11.4 Å². The highest BCUT2D eigenvalue weighted by Crippen LogP contribution is 2.36. The number of carbonyl (C=O) groups is 1. The Balaban J connectivity index is 1.32.